The van der Waals surface area contributed by atoms with Gasteiger partial charge in [0.1, 0.15) is 6.04 Å². The molecule has 2 atom stereocenters. The average molecular weight is 229 g/mol. The lowest BCUT2D eigenvalue weighted by Crippen LogP contribution is -2.46. The molecule has 0 aliphatic carbocycles. The molecule has 8 nitrogen and oxygen atoms in total. The smallest absolute Gasteiger partial charge is 0.353 e. The minimum atomic E-state index is -1.24. The molecule has 2 unspecified atom stereocenters. The number of aliphatic carboxylic acids is 1. The Morgan fingerprint density at radius 3 is 2.69 bits per heavy atom. The monoisotopic (exact) mass is 229 g/mol. The fourth-order valence-electron chi connectivity index (χ4n) is 1.02. The van der Waals surface area contributed by atoms with Gasteiger partial charge in [-0.25, -0.2) is 4.79 Å². The Morgan fingerprint density at radius 2 is 2.25 bits per heavy atom. The van der Waals surface area contributed by atoms with Crippen molar-refractivity contribution in [2.75, 3.05) is 0 Å². The first-order chi connectivity index (χ1) is 7.41. The summed E-state index contributed by atoms with van der Waals surface area (Å²) in [5.74, 6) is -2.55. The van der Waals surface area contributed by atoms with Crippen LogP contribution in [0.4, 0.5) is 0 Å². The van der Waals surface area contributed by atoms with Crippen molar-refractivity contribution in [3.05, 3.63) is 0 Å². The molecule has 2 amide bonds. The first kappa shape index (κ1) is 12.0. The fourth-order valence-corrected chi connectivity index (χ4v) is 1.02. The quantitative estimate of drug-likeness (QED) is 0.523. The molecule has 0 radical (unpaired) electrons. The normalized spacial score (nSPS) is 20.6. The van der Waals surface area contributed by atoms with Gasteiger partial charge in [0.25, 0.3) is 5.91 Å². The second-order valence-electron chi connectivity index (χ2n) is 3.27. The highest BCUT2D eigenvalue weighted by atomic mass is 16.6. The number of hydrogen-bond donors (Lipinski definition) is 3. The van der Waals surface area contributed by atoms with Gasteiger partial charge in [-0.15, -0.1) is 0 Å². The maximum Gasteiger partial charge on any atom is 0.353 e. The van der Waals surface area contributed by atoms with Gasteiger partial charge in [0.15, 0.2) is 5.71 Å². The molecule has 0 aromatic rings. The van der Waals surface area contributed by atoms with E-state index in [0.29, 0.717) is 0 Å². The van der Waals surface area contributed by atoms with Crippen molar-refractivity contribution in [1.82, 2.24) is 5.32 Å². The number of rotatable bonds is 4. The van der Waals surface area contributed by atoms with Crippen molar-refractivity contribution in [2.24, 2.45) is 10.9 Å². The third kappa shape index (κ3) is 2.69. The number of amides is 2. The van der Waals surface area contributed by atoms with E-state index in [2.05, 4.69) is 15.3 Å². The first-order valence-corrected chi connectivity index (χ1v) is 4.47. The molecule has 8 heteroatoms. The molecule has 16 heavy (non-hydrogen) atoms. The number of hydrogen-bond acceptors (Lipinski definition) is 5. The summed E-state index contributed by atoms with van der Waals surface area (Å²) in [5, 5.41) is 14.1. The highest BCUT2D eigenvalue weighted by Crippen LogP contribution is 2.10. The molecular weight excluding hydrogens is 218 g/mol. The van der Waals surface area contributed by atoms with Crippen LogP contribution in [-0.2, 0) is 19.2 Å². The number of oxime groups is 1. The fraction of sp³-hybridized carbons (Fsp3) is 0.500. The first-order valence-electron chi connectivity index (χ1n) is 4.47. The summed E-state index contributed by atoms with van der Waals surface area (Å²) in [6.45, 7) is 1.41. The number of primary amides is 1. The van der Waals surface area contributed by atoms with E-state index < -0.39 is 29.9 Å². The number of nitrogens with one attached hydrogen (secondary N) is 1. The van der Waals surface area contributed by atoms with Crippen LogP contribution in [0.5, 0.6) is 0 Å². The number of carboxylic acids is 1. The Bertz CT molecular complexity index is 365. The second-order valence-corrected chi connectivity index (χ2v) is 3.27. The molecule has 0 spiro atoms. The van der Waals surface area contributed by atoms with Crippen LogP contribution in [0.3, 0.4) is 0 Å². The topological polar surface area (TPSA) is 131 Å². The van der Waals surface area contributed by atoms with Gasteiger partial charge < -0.3 is 21.0 Å². The van der Waals surface area contributed by atoms with Gasteiger partial charge in [-0.3, -0.25) is 9.59 Å². The van der Waals surface area contributed by atoms with E-state index in [1.807, 2.05) is 0 Å². The maximum atomic E-state index is 11.4. The number of nitrogens with zero attached hydrogens (tertiary/aromatic N) is 1. The van der Waals surface area contributed by atoms with E-state index in [1.165, 1.54) is 6.92 Å². The number of carbonyl (C=O) groups excluding carboxylic acids is 2. The van der Waals surface area contributed by atoms with E-state index in [9.17, 15) is 14.4 Å². The Labute approximate surface area is 90.4 Å². The summed E-state index contributed by atoms with van der Waals surface area (Å²) in [6, 6.07) is -0.843. The average Bonchev–Trinajstić information content (AvgIpc) is 2.65. The molecule has 0 aromatic carbocycles. The molecule has 1 heterocycles. The van der Waals surface area contributed by atoms with Crippen LogP contribution in [0.1, 0.15) is 13.3 Å². The lowest BCUT2D eigenvalue weighted by molar-refractivity contribution is -0.134. The summed E-state index contributed by atoms with van der Waals surface area (Å²) in [7, 11) is 0. The Kier molecular flexibility index (Phi) is 3.44. The highest BCUT2D eigenvalue weighted by Gasteiger charge is 2.32. The Morgan fingerprint density at radius 1 is 1.62 bits per heavy atom. The molecule has 0 bridgehead atoms. The van der Waals surface area contributed by atoms with Gasteiger partial charge in [-0.2, -0.15) is 0 Å². The van der Waals surface area contributed by atoms with Crippen LogP contribution < -0.4 is 11.1 Å². The van der Waals surface area contributed by atoms with Crippen LogP contribution in [0, 0.1) is 0 Å². The summed E-state index contributed by atoms with van der Waals surface area (Å²) in [5.41, 5.74) is 4.71. The van der Waals surface area contributed by atoms with E-state index >= 15 is 0 Å². The molecule has 0 saturated heterocycles. The Balaban J connectivity index is 2.48. The van der Waals surface area contributed by atoms with Gasteiger partial charge in [0.05, 0.1) is 0 Å². The van der Waals surface area contributed by atoms with Gasteiger partial charge in [-0.05, 0) is 6.92 Å². The molecule has 0 aromatic heterocycles. The standard InChI is InChI=1S/C8H11N3O5/c1-3(6(9)12)10-7(13)5-2-4(8(14)15)11-16-5/h3,5H,2H2,1H3,(H2,9,12)(H,10,13)(H,14,15). The van der Waals surface area contributed by atoms with E-state index in [1.54, 1.807) is 0 Å². The molecule has 4 N–H and O–H groups in total. The third-order valence-corrected chi connectivity index (χ3v) is 1.99. The van der Waals surface area contributed by atoms with E-state index in [4.69, 9.17) is 10.8 Å². The third-order valence-electron chi connectivity index (χ3n) is 1.99. The summed E-state index contributed by atoms with van der Waals surface area (Å²) < 4.78 is 0. The Hall–Kier alpha value is -2.12. The van der Waals surface area contributed by atoms with E-state index in [-0.39, 0.29) is 12.1 Å². The van der Waals surface area contributed by atoms with Crippen molar-refractivity contribution < 1.29 is 24.3 Å². The minimum Gasteiger partial charge on any atom is -0.477 e. The van der Waals surface area contributed by atoms with Gasteiger partial charge in [0.2, 0.25) is 12.0 Å². The zero-order valence-electron chi connectivity index (χ0n) is 8.47. The van der Waals surface area contributed by atoms with Crippen LogP contribution >= 0.6 is 0 Å². The zero-order chi connectivity index (χ0) is 12.3. The van der Waals surface area contributed by atoms with E-state index in [0.717, 1.165) is 0 Å². The summed E-state index contributed by atoms with van der Waals surface area (Å²) in [4.78, 5) is 37.2. The highest BCUT2D eigenvalue weighted by molar-refractivity contribution is 6.36. The molecule has 0 fully saturated rings. The second kappa shape index (κ2) is 4.60. The number of carboxylic acid groups (broad SMARTS) is 1. The molecule has 1 aliphatic heterocycles. The van der Waals surface area contributed by atoms with Gasteiger partial charge in [-0.1, -0.05) is 5.16 Å². The molecule has 1 aliphatic rings. The number of nitrogens with two attached hydrogens (primary N) is 1. The van der Waals surface area contributed by atoms with Crippen molar-refractivity contribution >= 4 is 23.5 Å². The van der Waals surface area contributed by atoms with Gasteiger partial charge >= 0.3 is 5.97 Å². The van der Waals surface area contributed by atoms with Crippen LogP contribution in [0.2, 0.25) is 0 Å². The van der Waals surface area contributed by atoms with Crippen LogP contribution in [0.25, 0.3) is 0 Å². The lowest BCUT2D eigenvalue weighted by atomic mass is 10.1. The zero-order valence-corrected chi connectivity index (χ0v) is 8.47. The largest absolute Gasteiger partial charge is 0.477 e. The van der Waals surface area contributed by atoms with Crippen molar-refractivity contribution in [2.45, 2.75) is 25.5 Å². The lowest BCUT2D eigenvalue weighted by Gasteiger charge is -2.12. The summed E-state index contributed by atoms with van der Waals surface area (Å²) in [6.07, 6.45) is -1.15. The predicted molar refractivity (Wildman–Crippen MR) is 51.4 cm³/mol. The molecular formula is C8H11N3O5. The SMILES string of the molecule is CC(NC(=O)C1CC(C(=O)O)=NO1)C(N)=O. The molecule has 1 rings (SSSR count). The number of carbonyl (C=O) groups is 3. The van der Waals surface area contributed by atoms with Crippen LogP contribution in [0.15, 0.2) is 5.16 Å². The van der Waals surface area contributed by atoms with Crippen molar-refractivity contribution in [3.8, 4) is 0 Å². The summed E-state index contributed by atoms with van der Waals surface area (Å²) >= 11 is 0. The van der Waals surface area contributed by atoms with Crippen molar-refractivity contribution in [3.63, 3.8) is 0 Å². The van der Waals surface area contributed by atoms with Crippen LogP contribution in [-0.4, -0.2) is 40.7 Å². The molecule has 0 saturated carbocycles. The van der Waals surface area contributed by atoms with Crippen molar-refractivity contribution in [1.29, 1.82) is 0 Å². The maximum absolute atomic E-state index is 11.4. The predicted octanol–water partition coefficient (Wildman–Crippen LogP) is -1.79. The minimum absolute atomic E-state index is 0.132. The molecule has 88 valence electrons. The van der Waals surface area contributed by atoms with Gasteiger partial charge in [0, 0.05) is 6.42 Å².